The Bertz CT molecular complexity index is 723. The first-order valence-electron chi connectivity index (χ1n) is 8.22. The van der Waals surface area contributed by atoms with E-state index in [2.05, 4.69) is 24.3 Å². The van der Waals surface area contributed by atoms with Crippen molar-refractivity contribution < 1.29 is 14.3 Å². The molecule has 24 heavy (non-hydrogen) atoms. The first kappa shape index (κ1) is 17.8. The Balaban J connectivity index is 2.29. The van der Waals surface area contributed by atoms with Crippen LogP contribution in [0.5, 0.6) is 11.5 Å². The minimum absolute atomic E-state index is 0.197. The van der Waals surface area contributed by atoms with Gasteiger partial charge in [0.05, 0.1) is 19.4 Å². The van der Waals surface area contributed by atoms with Crippen LogP contribution in [0.25, 0.3) is 0 Å². The Kier molecular flexibility index (Phi) is 5.84. The molecule has 0 saturated carbocycles. The summed E-state index contributed by atoms with van der Waals surface area (Å²) in [6, 6.07) is 5.16. The topological polar surface area (TPSA) is 65.4 Å². The molecule has 1 amide bonds. The minimum Gasteiger partial charge on any atom is -0.493 e. The van der Waals surface area contributed by atoms with E-state index < -0.39 is 0 Å². The van der Waals surface area contributed by atoms with Crippen LogP contribution in [0.4, 0.5) is 5.82 Å². The molecular formula is C18H25N3O3. The lowest BCUT2D eigenvalue weighted by atomic mass is 10.1. The highest BCUT2D eigenvalue weighted by atomic mass is 16.5. The number of rotatable bonds is 7. The fourth-order valence-electron chi connectivity index (χ4n) is 2.70. The second-order valence-corrected chi connectivity index (χ2v) is 5.36. The molecule has 0 atom stereocenters. The summed E-state index contributed by atoms with van der Waals surface area (Å²) in [5.74, 6) is 1.71. The van der Waals surface area contributed by atoms with E-state index in [0.29, 0.717) is 23.7 Å². The number of nitrogens with one attached hydrogen (secondary N) is 1. The molecule has 0 saturated heterocycles. The summed E-state index contributed by atoms with van der Waals surface area (Å²) < 4.78 is 12.5. The normalized spacial score (nSPS) is 10.5. The zero-order valence-corrected chi connectivity index (χ0v) is 15.0. The third-order valence-electron chi connectivity index (χ3n) is 3.87. The SMILES string of the molecule is CCOc1ccc(C(=O)Nc2c(CC)c(CC)nn2C)cc1OC. The van der Waals surface area contributed by atoms with Crippen LogP contribution in [0.1, 0.15) is 42.4 Å². The largest absolute Gasteiger partial charge is 0.493 e. The van der Waals surface area contributed by atoms with E-state index in [0.717, 1.165) is 29.9 Å². The molecule has 1 aromatic carbocycles. The lowest BCUT2D eigenvalue weighted by Gasteiger charge is -2.12. The monoisotopic (exact) mass is 331 g/mol. The fourth-order valence-corrected chi connectivity index (χ4v) is 2.70. The van der Waals surface area contributed by atoms with Crippen molar-refractivity contribution in [1.29, 1.82) is 0 Å². The van der Waals surface area contributed by atoms with Gasteiger partial charge in [-0.1, -0.05) is 13.8 Å². The standard InChI is InChI=1S/C18H25N3O3/c1-6-13-14(7-2)20-21(4)17(13)19-18(22)12-9-10-15(24-8-3)16(11-12)23-5/h9-11H,6-8H2,1-5H3,(H,19,22). The number of carbonyl (C=O) groups is 1. The van der Waals surface area contributed by atoms with Crippen molar-refractivity contribution in [1.82, 2.24) is 9.78 Å². The summed E-state index contributed by atoms with van der Waals surface area (Å²) >= 11 is 0. The van der Waals surface area contributed by atoms with Gasteiger partial charge in [-0.25, -0.2) is 0 Å². The number of anilines is 1. The summed E-state index contributed by atoms with van der Waals surface area (Å²) in [6.07, 6.45) is 1.66. The van der Waals surface area contributed by atoms with E-state index in [-0.39, 0.29) is 5.91 Å². The molecule has 2 aromatic rings. The number of hydrogen-bond donors (Lipinski definition) is 1. The lowest BCUT2D eigenvalue weighted by Crippen LogP contribution is -2.16. The number of hydrogen-bond acceptors (Lipinski definition) is 4. The number of aromatic nitrogens is 2. The predicted octanol–water partition coefficient (Wildman–Crippen LogP) is 3.20. The number of aryl methyl sites for hydroxylation is 2. The van der Waals surface area contributed by atoms with E-state index in [4.69, 9.17) is 9.47 Å². The van der Waals surface area contributed by atoms with Gasteiger partial charge in [0.2, 0.25) is 0 Å². The molecule has 0 aliphatic heterocycles. The fraction of sp³-hybridized carbons (Fsp3) is 0.444. The zero-order chi connectivity index (χ0) is 17.7. The van der Waals surface area contributed by atoms with E-state index in [1.807, 2.05) is 14.0 Å². The molecule has 130 valence electrons. The van der Waals surface area contributed by atoms with Crippen molar-refractivity contribution in [2.24, 2.45) is 7.05 Å². The maximum Gasteiger partial charge on any atom is 0.256 e. The summed E-state index contributed by atoms with van der Waals surface area (Å²) in [6.45, 7) is 6.56. The van der Waals surface area contributed by atoms with Crippen LogP contribution in [0.15, 0.2) is 18.2 Å². The number of methoxy groups -OCH3 is 1. The maximum absolute atomic E-state index is 12.6. The first-order valence-corrected chi connectivity index (χ1v) is 8.22. The molecule has 1 aromatic heterocycles. The first-order chi connectivity index (χ1) is 11.5. The molecule has 1 heterocycles. The quantitative estimate of drug-likeness (QED) is 0.846. The van der Waals surface area contributed by atoms with Gasteiger partial charge in [0, 0.05) is 18.2 Å². The van der Waals surface area contributed by atoms with Crippen molar-refractivity contribution in [2.75, 3.05) is 19.0 Å². The van der Waals surface area contributed by atoms with Gasteiger partial charge in [-0.2, -0.15) is 5.10 Å². The van der Waals surface area contributed by atoms with Gasteiger partial charge in [0.15, 0.2) is 11.5 Å². The zero-order valence-electron chi connectivity index (χ0n) is 15.0. The highest BCUT2D eigenvalue weighted by Gasteiger charge is 2.17. The highest BCUT2D eigenvalue weighted by Crippen LogP contribution is 2.29. The summed E-state index contributed by atoms with van der Waals surface area (Å²) in [7, 11) is 3.40. The Morgan fingerprint density at radius 2 is 1.96 bits per heavy atom. The summed E-state index contributed by atoms with van der Waals surface area (Å²) in [5.41, 5.74) is 2.60. The van der Waals surface area contributed by atoms with Crippen molar-refractivity contribution >= 4 is 11.7 Å². The number of nitrogens with zero attached hydrogens (tertiary/aromatic N) is 2. The van der Waals surface area contributed by atoms with Crippen molar-refractivity contribution in [3.8, 4) is 11.5 Å². The van der Waals surface area contributed by atoms with Gasteiger partial charge in [-0.05, 0) is 38.0 Å². The van der Waals surface area contributed by atoms with Crippen LogP contribution < -0.4 is 14.8 Å². The molecule has 2 rings (SSSR count). The van der Waals surface area contributed by atoms with E-state index >= 15 is 0 Å². The highest BCUT2D eigenvalue weighted by molar-refractivity contribution is 6.04. The average molecular weight is 331 g/mol. The Morgan fingerprint density at radius 1 is 1.21 bits per heavy atom. The minimum atomic E-state index is -0.197. The van der Waals surface area contributed by atoms with Crippen molar-refractivity contribution in [3.63, 3.8) is 0 Å². The van der Waals surface area contributed by atoms with E-state index in [1.54, 1.807) is 30.0 Å². The van der Waals surface area contributed by atoms with Gasteiger partial charge in [-0.3, -0.25) is 9.48 Å². The molecule has 0 unspecified atom stereocenters. The van der Waals surface area contributed by atoms with Gasteiger partial charge >= 0.3 is 0 Å². The maximum atomic E-state index is 12.6. The number of benzene rings is 1. The second kappa shape index (κ2) is 7.86. The summed E-state index contributed by atoms with van der Waals surface area (Å²) in [4.78, 5) is 12.6. The second-order valence-electron chi connectivity index (χ2n) is 5.36. The predicted molar refractivity (Wildman–Crippen MR) is 94.1 cm³/mol. The molecule has 0 aliphatic rings. The molecule has 0 bridgehead atoms. The van der Waals surface area contributed by atoms with Crippen LogP contribution >= 0.6 is 0 Å². The van der Waals surface area contributed by atoms with Gasteiger partial charge in [0.25, 0.3) is 5.91 Å². The molecule has 0 fully saturated rings. The Hall–Kier alpha value is -2.50. The third-order valence-corrected chi connectivity index (χ3v) is 3.87. The third kappa shape index (κ3) is 3.53. The van der Waals surface area contributed by atoms with Crippen molar-refractivity contribution in [2.45, 2.75) is 33.6 Å². The van der Waals surface area contributed by atoms with Crippen LogP contribution in [-0.4, -0.2) is 29.4 Å². The van der Waals surface area contributed by atoms with E-state index in [9.17, 15) is 4.79 Å². The van der Waals surface area contributed by atoms with Crippen LogP contribution in [0.2, 0.25) is 0 Å². The molecule has 0 spiro atoms. The molecule has 6 nitrogen and oxygen atoms in total. The molecule has 1 N–H and O–H groups in total. The Labute approximate surface area is 142 Å². The van der Waals surface area contributed by atoms with Crippen molar-refractivity contribution in [3.05, 3.63) is 35.0 Å². The lowest BCUT2D eigenvalue weighted by molar-refractivity contribution is 0.102. The number of ether oxygens (including phenoxy) is 2. The van der Waals surface area contributed by atoms with Crippen LogP contribution in [0.3, 0.4) is 0 Å². The van der Waals surface area contributed by atoms with Gasteiger partial charge in [0.1, 0.15) is 5.82 Å². The smallest absolute Gasteiger partial charge is 0.256 e. The molecule has 6 heteroatoms. The Morgan fingerprint density at radius 3 is 2.54 bits per heavy atom. The summed E-state index contributed by atoms with van der Waals surface area (Å²) in [5, 5.41) is 7.44. The number of carbonyl (C=O) groups excluding carboxylic acids is 1. The molecule has 0 radical (unpaired) electrons. The van der Waals surface area contributed by atoms with Gasteiger partial charge < -0.3 is 14.8 Å². The van der Waals surface area contributed by atoms with Gasteiger partial charge in [-0.15, -0.1) is 0 Å². The van der Waals surface area contributed by atoms with E-state index in [1.165, 1.54) is 0 Å². The molecule has 0 aliphatic carbocycles. The van der Waals surface area contributed by atoms with Crippen LogP contribution in [0, 0.1) is 0 Å². The van der Waals surface area contributed by atoms with Crippen LogP contribution in [-0.2, 0) is 19.9 Å². The average Bonchev–Trinajstić information content (AvgIpc) is 2.90. The molecular weight excluding hydrogens is 306 g/mol. The number of amides is 1.